The molecule has 1 N–H and O–H groups in total. The lowest BCUT2D eigenvalue weighted by Gasteiger charge is -2.29. The summed E-state index contributed by atoms with van der Waals surface area (Å²) in [5, 5.41) is 12.2. The van der Waals surface area contributed by atoms with E-state index in [1.54, 1.807) is 11.3 Å². The van der Waals surface area contributed by atoms with Gasteiger partial charge in [0.1, 0.15) is 6.10 Å². The molecule has 1 saturated heterocycles. The van der Waals surface area contributed by atoms with E-state index < -0.39 is 6.09 Å². The van der Waals surface area contributed by atoms with Crippen LogP contribution in [0.2, 0.25) is 0 Å². The zero-order valence-electron chi connectivity index (χ0n) is 14.5. The molecule has 1 aliphatic heterocycles. The molecule has 7 nitrogen and oxygen atoms in total. The third kappa shape index (κ3) is 3.37. The highest BCUT2D eigenvalue weighted by atomic mass is 32.1. The van der Waals surface area contributed by atoms with Gasteiger partial charge in [-0.25, -0.2) is 9.78 Å². The van der Waals surface area contributed by atoms with E-state index in [1.807, 2.05) is 35.8 Å². The number of piperidine rings is 1. The van der Waals surface area contributed by atoms with E-state index >= 15 is 0 Å². The van der Waals surface area contributed by atoms with E-state index in [4.69, 9.17) is 9.84 Å². The number of fused-ring (bicyclic) bond motifs is 1. The fourth-order valence-corrected chi connectivity index (χ4v) is 3.86. The molecule has 4 rings (SSSR count). The van der Waals surface area contributed by atoms with Crippen LogP contribution < -0.4 is 4.74 Å². The molecule has 0 atom stereocenters. The predicted molar refractivity (Wildman–Crippen MR) is 98.9 cm³/mol. The number of ether oxygens (including phenoxy) is 1. The summed E-state index contributed by atoms with van der Waals surface area (Å²) in [7, 11) is 0. The smallest absolute Gasteiger partial charge is 0.407 e. The number of rotatable bonds is 4. The van der Waals surface area contributed by atoms with Crippen molar-refractivity contribution in [2.45, 2.75) is 32.4 Å². The minimum atomic E-state index is -0.866. The molecular formula is C18H20N4O3S. The van der Waals surface area contributed by atoms with Crippen LogP contribution in [0.4, 0.5) is 4.79 Å². The van der Waals surface area contributed by atoms with Crippen molar-refractivity contribution in [1.82, 2.24) is 19.4 Å². The molecule has 0 unspecified atom stereocenters. The van der Waals surface area contributed by atoms with Crippen LogP contribution in [0, 0.1) is 6.92 Å². The normalized spacial score (nSPS) is 15.5. The van der Waals surface area contributed by atoms with Crippen LogP contribution in [0.5, 0.6) is 6.01 Å². The third-order valence-electron chi connectivity index (χ3n) is 4.59. The SMILES string of the molecule is Cc1nc(Cn2c(OC3CCN(C(=O)O)CC3)nc3ccccc32)cs1. The van der Waals surface area contributed by atoms with Crippen molar-refractivity contribution in [2.75, 3.05) is 13.1 Å². The molecule has 0 saturated carbocycles. The summed E-state index contributed by atoms with van der Waals surface area (Å²) in [6, 6.07) is 8.52. The van der Waals surface area contributed by atoms with E-state index in [2.05, 4.69) is 15.3 Å². The number of hydrogen-bond acceptors (Lipinski definition) is 5. The molecule has 136 valence electrons. The van der Waals surface area contributed by atoms with Crippen LogP contribution in [-0.4, -0.2) is 49.8 Å². The summed E-state index contributed by atoms with van der Waals surface area (Å²) < 4.78 is 8.24. The molecule has 3 heterocycles. The average molecular weight is 372 g/mol. The van der Waals surface area contributed by atoms with Gasteiger partial charge in [-0.15, -0.1) is 11.3 Å². The van der Waals surface area contributed by atoms with Gasteiger partial charge in [-0.3, -0.25) is 4.57 Å². The van der Waals surface area contributed by atoms with E-state index in [0.717, 1.165) is 21.7 Å². The zero-order valence-corrected chi connectivity index (χ0v) is 15.3. The Kier molecular flexibility index (Phi) is 4.50. The first-order chi connectivity index (χ1) is 12.6. The molecule has 1 amide bonds. The van der Waals surface area contributed by atoms with E-state index in [9.17, 15) is 4.79 Å². The Morgan fingerprint density at radius 2 is 2.08 bits per heavy atom. The highest BCUT2D eigenvalue weighted by Crippen LogP contribution is 2.26. The highest BCUT2D eigenvalue weighted by Gasteiger charge is 2.25. The van der Waals surface area contributed by atoms with Gasteiger partial charge >= 0.3 is 6.09 Å². The number of aromatic nitrogens is 3. The number of carbonyl (C=O) groups is 1. The molecule has 1 aromatic carbocycles. The Balaban J connectivity index is 1.58. The second-order valence-electron chi connectivity index (χ2n) is 6.41. The zero-order chi connectivity index (χ0) is 18.1. The number of hydrogen-bond donors (Lipinski definition) is 1. The number of carboxylic acid groups (broad SMARTS) is 1. The van der Waals surface area contributed by atoms with E-state index in [-0.39, 0.29) is 6.10 Å². The van der Waals surface area contributed by atoms with Crippen molar-refractivity contribution in [3.05, 3.63) is 40.3 Å². The standard InChI is InChI=1S/C18H20N4O3S/c1-12-19-13(11-26-12)10-22-16-5-3-2-4-15(16)20-17(22)25-14-6-8-21(9-7-14)18(23)24/h2-5,11,14H,6-10H2,1H3,(H,23,24). The van der Waals surface area contributed by atoms with Gasteiger partial charge in [0.2, 0.25) is 0 Å². The van der Waals surface area contributed by atoms with Crippen molar-refractivity contribution in [3.63, 3.8) is 0 Å². The summed E-state index contributed by atoms with van der Waals surface area (Å²) in [6.45, 7) is 3.58. The summed E-state index contributed by atoms with van der Waals surface area (Å²) >= 11 is 1.63. The molecule has 1 fully saturated rings. The monoisotopic (exact) mass is 372 g/mol. The Morgan fingerprint density at radius 3 is 2.77 bits per heavy atom. The van der Waals surface area contributed by atoms with Gasteiger partial charge in [-0.1, -0.05) is 12.1 Å². The molecule has 0 spiro atoms. The number of benzene rings is 1. The van der Waals surface area contributed by atoms with Gasteiger partial charge in [0.15, 0.2) is 0 Å². The molecule has 0 bridgehead atoms. The Morgan fingerprint density at radius 1 is 1.31 bits per heavy atom. The van der Waals surface area contributed by atoms with Gasteiger partial charge in [0.05, 0.1) is 28.3 Å². The van der Waals surface area contributed by atoms with Gasteiger partial charge in [0, 0.05) is 31.3 Å². The first kappa shape index (κ1) is 16.8. The second kappa shape index (κ2) is 6.95. The Bertz CT molecular complexity index is 928. The molecular weight excluding hydrogens is 352 g/mol. The van der Waals surface area contributed by atoms with Crippen molar-refractivity contribution in [2.24, 2.45) is 0 Å². The number of para-hydroxylation sites is 2. The summed E-state index contributed by atoms with van der Waals surface area (Å²) in [4.78, 5) is 21.7. The summed E-state index contributed by atoms with van der Waals surface area (Å²) in [6.07, 6.45) is 0.448. The topological polar surface area (TPSA) is 80.5 Å². The maximum atomic E-state index is 11.1. The average Bonchev–Trinajstić information content (AvgIpc) is 3.20. The number of amides is 1. The number of imidazole rings is 1. The summed E-state index contributed by atoms with van der Waals surface area (Å²) in [5.41, 5.74) is 2.88. The van der Waals surface area contributed by atoms with Crippen LogP contribution >= 0.6 is 11.3 Å². The van der Waals surface area contributed by atoms with Crippen LogP contribution in [0.1, 0.15) is 23.5 Å². The van der Waals surface area contributed by atoms with Crippen LogP contribution in [0.3, 0.4) is 0 Å². The lowest BCUT2D eigenvalue weighted by molar-refractivity contribution is 0.0826. The molecule has 2 aromatic heterocycles. The van der Waals surface area contributed by atoms with Gasteiger partial charge in [-0.2, -0.15) is 4.98 Å². The lowest BCUT2D eigenvalue weighted by atomic mass is 10.1. The largest absolute Gasteiger partial charge is 0.465 e. The minimum absolute atomic E-state index is 0.0293. The summed E-state index contributed by atoms with van der Waals surface area (Å²) in [5.74, 6) is 0. The molecule has 3 aromatic rings. The number of aryl methyl sites for hydroxylation is 1. The Hall–Kier alpha value is -2.61. The van der Waals surface area contributed by atoms with Gasteiger partial charge in [0.25, 0.3) is 6.01 Å². The molecule has 1 aliphatic rings. The first-order valence-corrected chi connectivity index (χ1v) is 9.49. The predicted octanol–water partition coefficient (Wildman–Crippen LogP) is 3.37. The van der Waals surface area contributed by atoms with E-state index in [1.165, 1.54) is 4.90 Å². The molecule has 0 radical (unpaired) electrons. The Labute approximate surface area is 154 Å². The van der Waals surface area contributed by atoms with Crippen molar-refractivity contribution in [3.8, 4) is 6.01 Å². The lowest BCUT2D eigenvalue weighted by Crippen LogP contribution is -2.41. The quantitative estimate of drug-likeness (QED) is 0.759. The second-order valence-corrected chi connectivity index (χ2v) is 7.48. The highest BCUT2D eigenvalue weighted by molar-refractivity contribution is 7.09. The van der Waals surface area contributed by atoms with Gasteiger partial charge in [-0.05, 0) is 19.1 Å². The van der Waals surface area contributed by atoms with Crippen LogP contribution in [0.15, 0.2) is 29.6 Å². The van der Waals surface area contributed by atoms with E-state index in [0.29, 0.717) is 38.5 Å². The fraction of sp³-hybridized carbons (Fsp3) is 0.389. The number of thiazole rings is 1. The first-order valence-electron chi connectivity index (χ1n) is 8.61. The molecule has 8 heteroatoms. The maximum Gasteiger partial charge on any atom is 0.407 e. The minimum Gasteiger partial charge on any atom is -0.465 e. The van der Waals surface area contributed by atoms with Crippen molar-refractivity contribution >= 4 is 28.5 Å². The number of nitrogens with zero attached hydrogens (tertiary/aromatic N) is 4. The third-order valence-corrected chi connectivity index (χ3v) is 5.41. The molecule has 26 heavy (non-hydrogen) atoms. The number of likely N-dealkylation sites (tertiary alicyclic amines) is 1. The van der Waals surface area contributed by atoms with Crippen LogP contribution in [0.25, 0.3) is 11.0 Å². The van der Waals surface area contributed by atoms with Crippen molar-refractivity contribution in [1.29, 1.82) is 0 Å². The van der Waals surface area contributed by atoms with Crippen LogP contribution in [-0.2, 0) is 6.54 Å². The fourth-order valence-electron chi connectivity index (χ4n) is 3.25. The van der Waals surface area contributed by atoms with Crippen molar-refractivity contribution < 1.29 is 14.6 Å². The van der Waals surface area contributed by atoms with Gasteiger partial charge < -0.3 is 14.7 Å². The molecule has 0 aliphatic carbocycles. The maximum absolute atomic E-state index is 11.1.